The summed E-state index contributed by atoms with van der Waals surface area (Å²) in [6, 6.07) is 14.4. The number of ether oxygens (including phenoxy) is 4. The Balaban J connectivity index is 1.31. The minimum absolute atomic E-state index is 0.316. The number of hydrogen-bond donors (Lipinski definition) is 1. The van der Waals surface area contributed by atoms with Crippen molar-refractivity contribution in [3.05, 3.63) is 53.7 Å². The molecule has 2 fully saturated rings. The second-order valence-electron chi connectivity index (χ2n) is 9.47. The second kappa shape index (κ2) is 12.2. The zero-order chi connectivity index (χ0) is 25.5. The number of anilines is 2. The van der Waals surface area contributed by atoms with Crippen molar-refractivity contribution in [3.8, 4) is 17.6 Å². The first-order valence-corrected chi connectivity index (χ1v) is 13.1. The Bertz CT molecular complexity index is 1230. The van der Waals surface area contributed by atoms with Gasteiger partial charge < -0.3 is 24.3 Å². The summed E-state index contributed by atoms with van der Waals surface area (Å²) in [7, 11) is 1.62. The number of pyridine rings is 1. The van der Waals surface area contributed by atoms with E-state index >= 15 is 0 Å². The molecule has 1 aromatic heterocycles. The minimum atomic E-state index is 0.316. The lowest BCUT2D eigenvalue weighted by Crippen LogP contribution is -2.37. The van der Waals surface area contributed by atoms with Crippen LogP contribution in [0.4, 0.5) is 11.4 Å². The molecule has 194 valence electrons. The molecular weight excluding hydrogens is 468 g/mol. The van der Waals surface area contributed by atoms with Crippen LogP contribution in [0.3, 0.4) is 0 Å². The summed E-state index contributed by atoms with van der Waals surface area (Å²) in [5.74, 6) is 1.22. The van der Waals surface area contributed by atoms with Crippen molar-refractivity contribution in [2.24, 2.45) is 0 Å². The topological polar surface area (TPSA) is 88.9 Å². The lowest BCUT2D eigenvalue weighted by Gasteiger charge is -2.26. The Morgan fingerprint density at radius 2 is 1.97 bits per heavy atom. The summed E-state index contributed by atoms with van der Waals surface area (Å²) in [4.78, 5) is 6.95. The fourth-order valence-electron chi connectivity index (χ4n) is 4.98. The molecular formula is C29H34N4O4. The lowest BCUT2D eigenvalue weighted by atomic mass is 10.0. The largest absolute Gasteiger partial charge is 0.491 e. The maximum atomic E-state index is 9.78. The van der Waals surface area contributed by atoms with E-state index in [1.807, 2.05) is 24.3 Å². The molecule has 2 aliphatic rings. The SMILES string of the molecule is COc1c(OCCCN2CCOCC2)ccc2c(Nc3ccc(CC4CCCO4)cc3)c(C#N)cnc12. The van der Waals surface area contributed by atoms with Gasteiger partial charge in [0.2, 0.25) is 0 Å². The van der Waals surface area contributed by atoms with Crippen molar-refractivity contribution in [2.45, 2.75) is 31.8 Å². The van der Waals surface area contributed by atoms with Crippen LogP contribution >= 0.6 is 0 Å². The van der Waals surface area contributed by atoms with Gasteiger partial charge >= 0.3 is 0 Å². The number of hydrogen-bond acceptors (Lipinski definition) is 8. The summed E-state index contributed by atoms with van der Waals surface area (Å²) in [5, 5.41) is 14.0. The summed E-state index contributed by atoms with van der Waals surface area (Å²) in [6.45, 7) is 5.95. The summed E-state index contributed by atoms with van der Waals surface area (Å²) in [6.07, 6.45) is 6.00. The van der Waals surface area contributed by atoms with Gasteiger partial charge in [-0.1, -0.05) is 12.1 Å². The van der Waals surface area contributed by atoms with E-state index in [0.29, 0.717) is 41.0 Å². The molecule has 8 heteroatoms. The third-order valence-electron chi connectivity index (χ3n) is 6.97. The van der Waals surface area contributed by atoms with Crippen LogP contribution in [0.25, 0.3) is 10.9 Å². The number of benzene rings is 2. The quantitative estimate of drug-likeness (QED) is 0.400. The van der Waals surface area contributed by atoms with Crippen LogP contribution < -0.4 is 14.8 Å². The Labute approximate surface area is 218 Å². The van der Waals surface area contributed by atoms with E-state index in [1.54, 1.807) is 13.3 Å². The normalized spacial score (nSPS) is 18.0. The molecule has 0 amide bonds. The number of fused-ring (bicyclic) bond motifs is 1. The molecule has 1 N–H and O–H groups in total. The molecule has 3 heterocycles. The molecule has 2 aliphatic heterocycles. The van der Waals surface area contributed by atoms with Gasteiger partial charge in [0.05, 0.1) is 44.3 Å². The number of nitrogens with one attached hydrogen (secondary N) is 1. The number of aromatic nitrogens is 1. The van der Waals surface area contributed by atoms with Crippen LogP contribution in [0.2, 0.25) is 0 Å². The third-order valence-corrected chi connectivity index (χ3v) is 6.97. The highest BCUT2D eigenvalue weighted by molar-refractivity contribution is 5.99. The summed E-state index contributed by atoms with van der Waals surface area (Å²) >= 11 is 0. The van der Waals surface area contributed by atoms with Crippen molar-refractivity contribution >= 4 is 22.3 Å². The predicted octanol–water partition coefficient (Wildman–Crippen LogP) is 4.68. The molecule has 2 aromatic carbocycles. The number of morpholine rings is 1. The van der Waals surface area contributed by atoms with E-state index in [0.717, 1.165) is 76.2 Å². The van der Waals surface area contributed by atoms with Gasteiger partial charge in [-0.05, 0) is 55.5 Å². The van der Waals surface area contributed by atoms with Gasteiger partial charge in [0.1, 0.15) is 11.6 Å². The summed E-state index contributed by atoms with van der Waals surface area (Å²) < 4.78 is 23.0. The zero-order valence-corrected chi connectivity index (χ0v) is 21.4. The van der Waals surface area contributed by atoms with E-state index in [2.05, 4.69) is 33.4 Å². The molecule has 0 bridgehead atoms. The summed E-state index contributed by atoms with van der Waals surface area (Å²) in [5.41, 5.74) is 3.98. The molecule has 0 radical (unpaired) electrons. The first kappa shape index (κ1) is 25.3. The predicted molar refractivity (Wildman–Crippen MR) is 143 cm³/mol. The number of rotatable bonds is 10. The van der Waals surface area contributed by atoms with Gasteiger partial charge in [-0.25, -0.2) is 0 Å². The number of methoxy groups -OCH3 is 1. The maximum absolute atomic E-state index is 9.78. The molecule has 0 spiro atoms. The van der Waals surface area contributed by atoms with E-state index < -0.39 is 0 Å². The van der Waals surface area contributed by atoms with Gasteiger partial charge in [-0.15, -0.1) is 0 Å². The molecule has 2 saturated heterocycles. The van der Waals surface area contributed by atoms with E-state index in [4.69, 9.17) is 18.9 Å². The van der Waals surface area contributed by atoms with Crippen molar-refractivity contribution in [1.82, 2.24) is 9.88 Å². The van der Waals surface area contributed by atoms with Crippen LogP contribution in [0.5, 0.6) is 11.5 Å². The zero-order valence-electron chi connectivity index (χ0n) is 21.4. The highest BCUT2D eigenvalue weighted by Crippen LogP contribution is 2.39. The monoisotopic (exact) mass is 502 g/mol. The van der Waals surface area contributed by atoms with Gasteiger partial charge in [0, 0.05) is 43.5 Å². The molecule has 3 aromatic rings. The van der Waals surface area contributed by atoms with E-state index in [-0.39, 0.29) is 0 Å². The third kappa shape index (κ3) is 6.13. The lowest BCUT2D eigenvalue weighted by molar-refractivity contribution is 0.0357. The molecule has 5 rings (SSSR count). The van der Waals surface area contributed by atoms with Crippen molar-refractivity contribution in [2.75, 3.05) is 58.5 Å². The first-order valence-electron chi connectivity index (χ1n) is 13.1. The van der Waals surface area contributed by atoms with E-state index in [1.165, 1.54) is 5.56 Å². The average molecular weight is 503 g/mol. The Kier molecular flexibility index (Phi) is 8.36. The van der Waals surface area contributed by atoms with Crippen LogP contribution in [0, 0.1) is 11.3 Å². The highest BCUT2D eigenvalue weighted by Gasteiger charge is 2.18. The highest BCUT2D eigenvalue weighted by atomic mass is 16.5. The average Bonchev–Trinajstić information content (AvgIpc) is 3.45. The maximum Gasteiger partial charge on any atom is 0.187 e. The van der Waals surface area contributed by atoms with Crippen LogP contribution in [-0.2, 0) is 15.9 Å². The fourth-order valence-corrected chi connectivity index (χ4v) is 4.98. The molecule has 0 saturated carbocycles. The Morgan fingerprint density at radius 3 is 2.70 bits per heavy atom. The van der Waals surface area contributed by atoms with Gasteiger partial charge in [-0.3, -0.25) is 9.88 Å². The molecule has 8 nitrogen and oxygen atoms in total. The number of nitriles is 1. The smallest absolute Gasteiger partial charge is 0.187 e. The fraction of sp³-hybridized carbons (Fsp3) is 0.448. The van der Waals surface area contributed by atoms with Gasteiger partial charge in [0.15, 0.2) is 11.5 Å². The number of nitrogens with zero attached hydrogens (tertiary/aromatic N) is 3. The second-order valence-corrected chi connectivity index (χ2v) is 9.47. The molecule has 1 unspecified atom stereocenters. The van der Waals surface area contributed by atoms with Crippen LogP contribution in [0.15, 0.2) is 42.6 Å². The van der Waals surface area contributed by atoms with Crippen LogP contribution in [-0.4, -0.2) is 69.2 Å². The van der Waals surface area contributed by atoms with Crippen molar-refractivity contribution in [1.29, 1.82) is 5.26 Å². The van der Waals surface area contributed by atoms with Crippen molar-refractivity contribution in [3.63, 3.8) is 0 Å². The first-order chi connectivity index (χ1) is 18.2. The van der Waals surface area contributed by atoms with Crippen molar-refractivity contribution < 1.29 is 18.9 Å². The standard InChI is InChI=1S/C29H34N4O4/c1-34-29-26(37-15-3-11-33-12-16-35-17-13-33)10-9-25-27(22(19-30)20-31-28(25)29)32-23-7-5-21(6-8-23)18-24-4-2-14-36-24/h5-10,20,24H,2-4,11-18H2,1H3,(H,31,32). The Hall–Kier alpha value is -3.38. The molecule has 0 aliphatic carbocycles. The van der Waals surface area contributed by atoms with E-state index in [9.17, 15) is 5.26 Å². The molecule has 37 heavy (non-hydrogen) atoms. The molecule has 1 atom stereocenters. The van der Waals surface area contributed by atoms with Gasteiger partial charge in [-0.2, -0.15) is 5.26 Å². The van der Waals surface area contributed by atoms with Crippen LogP contribution in [0.1, 0.15) is 30.4 Å². The van der Waals surface area contributed by atoms with Gasteiger partial charge in [0.25, 0.3) is 0 Å². The minimum Gasteiger partial charge on any atom is -0.491 e. The Morgan fingerprint density at radius 1 is 1.14 bits per heavy atom.